The van der Waals surface area contributed by atoms with Crippen molar-refractivity contribution in [1.29, 1.82) is 0 Å². The predicted molar refractivity (Wildman–Crippen MR) is 62.9 cm³/mol. The summed E-state index contributed by atoms with van der Waals surface area (Å²) in [5, 5.41) is 55.9. The van der Waals surface area contributed by atoms with Gasteiger partial charge in [-0.05, 0) is 0 Å². The molecule has 2 rings (SSSR count). The fourth-order valence-corrected chi connectivity index (χ4v) is 1.44. The third-order valence-electron chi connectivity index (χ3n) is 2.30. The Balaban J connectivity index is 2.42. The lowest BCUT2D eigenvalue weighted by Gasteiger charge is -2.11. The molecule has 0 atom stereocenters. The standard InChI is InChI=1S/C12H10O7/c13-5-1-9(16)12(10(17)2-5)19-6-3-7(14)11(18)8(15)4-6/h1-4,13-18H. The lowest BCUT2D eigenvalue weighted by molar-refractivity contribution is 0.351. The third-order valence-corrected chi connectivity index (χ3v) is 2.30. The highest BCUT2D eigenvalue weighted by Crippen LogP contribution is 2.45. The van der Waals surface area contributed by atoms with E-state index in [9.17, 15) is 20.4 Å². The molecule has 0 radical (unpaired) electrons. The van der Waals surface area contributed by atoms with Gasteiger partial charge in [0.2, 0.25) is 11.5 Å². The summed E-state index contributed by atoms with van der Waals surface area (Å²) >= 11 is 0. The van der Waals surface area contributed by atoms with Gasteiger partial charge in [-0.2, -0.15) is 0 Å². The monoisotopic (exact) mass is 266 g/mol. The number of benzene rings is 2. The van der Waals surface area contributed by atoms with Gasteiger partial charge in [0.15, 0.2) is 23.0 Å². The zero-order chi connectivity index (χ0) is 14.2. The first-order valence-electron chi connectivity index (χ1n) is 5.06. The van der Waals surface area contributed by atoms with E-state index in [1.807, 2.05) is 0 Å². The van der Waals surface area contributed by atoms with E-state index < -0.39 is 28.7 Å². The fourth-order valence-electron chi connectivity index (χ4n) is 1.44. The molecule has 0 aliphatic rings. The van der Waals surface area contributed by atoms with Crippen LogP contribution in [0.1, 0.15) is 0 Å². The molecule has 7 heteroatoms. The van der Waals surface area contributed by atoms with Crippen LogP contribution in [-0.2, 0) is 0 Å². The number of phenolic OH excluding ortho intramolecular Hbond substituents is 6. The summed E-state index contributed by atoms with van der Waals surface area (Å²) in [5.74, 6) is -3.92. The maximum absolute atomic E-state index is 9.51. The first kappa shape index (κ1) is 12.5. The molecular weight excluding hydrogens is 256 g/mol. The Morgan fingerprint density at radius 1 is 0.632 bits per heavy atom. The normalized spacial score (nSPS) is 10.3. The third kappa shape index (κ3) is 2.34. The second-order valence-corrected chi connectivity index (χ2v) is 3.73. The molecule has 0 heterocycles. The van der Waals surface area contributed by atoms with Gasteiger partial charge in [-0.25, -0.2) is 0 Å². The van der Waals surface area contributed by atoms with E-state index in [1.165, 1.54) is 0 Å². The van der Waals surface area contributed by atoms with Gasteiger partial charge < -0.3 is 35.4 Å². The van der Waals surface area contributed by atoms with Crippen LogP contribution in [-0.4, -0.2) is 30.6 Å². The molecule has 0 saturated heterocycles. The summed E-state index contributed by atoms with van der Waals surface area (Å²) < 4.78 is 5.07. The van der Waals surface area contributed by atoms with Gasteiger partial charge in [0.05, 0.1) is 0 Å². The second-order valence-electron chi connectivity index (χ2n) is 3.73. The van der Waals surface area contributed by atoms with Crippen LogP contribution in [0, 0.1) is 0 Å². The molecule has 0 saturated carbocycles. The molecule has 2 aromatic rings. The highest BCUT2D eigenvalue weighted by atomic mass is 16.5. The van der Waals surface area contributed by atoms with E-state index >= 15 is 0 Å². The minimum Gasteiger partial charge on any atom is -0.508 e. The molecule has 19 heavy (non-hydrogen) atoms. The van der Waals surface area contributed by atoms with Gasteiger partial charge in [-0.3, -0.25) is 0 Å². The summed E-state index contributed by atoms with van der Waals surface area (Å²) in [6.07, 6.45) is 0. The van der Waals surface area contributed by atoms with Crippen LogP contribution in [0.3, 0.4) is 0 Å². The van der Waals surface area contributed by atoms with E-state index in [0.29, 0.717) is 0 Å². The first-order valence-corrected chi connectivity index (χ1v) is 5.06. The van der Waals surface area contributed by atoms with Crippen molar-refractivity contribution in [2.75, 3.05) is 0 Å². The Morgan fingerprint density at radius 2 is 1.11 bits per heavy atom. The maximum Gasteiger partial charge on any atom is 0.210 e. The van der Waals surface area contributed by atoms with E-state index in [1.54, 1.807) is 0 Å². The van der Waals surface area contributed by atoms with Gasteiger partial charge in [0.1, 0.15) is 11.5 Å². The number of phenols is 6. The van der Waals surface area contributed by atoms with Crippen molar-refractivity contribution in [2.24, 2.45) is 0 Å². The average molecular weight is 266 g/mol. The summed E-state index contributed by atoms with van der Waals surface area (Å²) in [7, 11) is 0. The molecule has 0 aromatic heterocycles. The van der Waals surface area contributed by atoms with Gasteiger partial charge in [0, 0.05) is 24.3 Å². The van der Waals surface area contributed by atoms with Crippen molar-refractivity contribution in [3.05, 3.63) is 24.3 Å². The topological polar surface area (TPSA) is 131 Å². The molecule has 0 aliphatic heterocycles. The molecule has 2 aromatic carbocycles. The van der Waals surface area contributed by atoms with Crippen LogP contribution in [0.5, 0.6) is 46.0 Å². The highest BCUT2D eigenvalue weighted by molar-refractivity contribution is 5.58. The molecule has 0 aliphatic carbocycles. The quantitative estimate of drug-likeness (QED) is 0.456. The lowest BCUT2D eigenvalue weighted by Crippen LogP contribution is -1.86. The van der Waals surface area contributed by atoms with Crippen LogP contribution in [0.4, 0.5) is 0 Å². The summed E-state index contributed by atoms with van der Waals surface area (Å²) in [4.78, 5) is 0. The van der Waals surface area contributed by atoms with Crippen molar-refractivity contribution < 1.29 is 35.4 Å². The number of rotatable bonds is 2. The molecule has 7 nitrogen and oxygen atoms in total. The molecule has 0 spiro atoms. The lowest BCUT2D eigenvalue weighted by atomic mass is 10.2. The molecule has 0 fully saturated rings. The van der Waals surface area contributed by atoms with Crippen molar-refractivity contribution >= 4 is 0 Å². The Labute approximate surface area is 106 Å². The molecule has 100 valence electrons. The minimum absolute atomic E-state index is 0.135. The van der Waals surface area contributed by atoms with Crippen LogP contribution < -0.4 is 4.74 Å². The summed E-state index contributed by atoms with van der Waals surface area (Å²) in [6, 6.07) is 3.83. The van der Waals surface area contributed by atoms with Crippen LogP contribution in [0.2, 0.25) is 0 Å². The van der Waals surface area contributed by atoms with Crippen LogP contribution >= 0.6 is 0 Å². The zero-order valence-electron chi connectivity index (χ0n) is 9.40. The predicted octanol–water partition coefficient (Wildman–Crippen LogP) is 1.71. The second kappa shape index (κ2) is 4.37. The summed E-state index contributed by atoms with van der Waals surface area (Å²) in [6.45, 7) is 0. The van der Waals surface area contributed by atoms with E-state index in [2.05, 4.69) is 0 Å². The largest absolute Gasteiger partial charge is 0.508 e. The van der Waals surface area contributed by atoms with E-state index in [0.717, 1.165) is 24.3 Å². The molecular formula is C12H10O7. The van der Waals surface area contributed by atoms with Crippen molar-refractivity contribution in [3.63, 3.8) is 0 Å². The number of hydrogen-bond donors (Lipinski definition) is 6. The molecule has 0 amide bonds. The van der Waals surface area contributed by atoms with Gasteiger partial charge in [-0.1, -0.05) is 0 Å². The average Bonchev–Trinajstić information content (AvgIpc) is 2.30. The Kier molecular flexibility index (Phi) is 2.88. The van der Waals surface area contributed by atoms with Crippen molar-refractivity contribution in [2.45, 2.75) is 0 Å². The van der Waals surface area contributed by atoms with Gasteiger partial charge >= 0.3 is 0 Å². The van der Waals surface area contributed by atoms with Crippen LogP contribution in [0.25, 0.3) is 0 Å². The molecule has 0 unspecified atom stereocenters. The SMILES string of the molecule is Oc1cc(O)c(Oc2cc(O)c(O)c(O)c2)c(O)c1. The Hall–Kier alpha value is -2.96. The first-order chi connectivity index (χ1) is 8.88. The number of ether oxygens (including phenoxy) is 1. The highest BCUT2D eigenvalue weighted by Gasteiger charge is 2.15. The smallest absolute Gasteiger partial charge is 0.210 e. The maximum atomic E-state index is 9.51. The number of aromatic hydroxyl groups is 6. The fraction of sp³-hybridized carbons (Fsp3) is 0. The summed E-state index contributed by atoms with van der Waals surface area (Å²) in [5.41, 5.74) is 0. The Morgan fingerprint density at radius 3 is 1.58 bits per heavy atom. The molecule has 0 bridgehead atoms. The minimum atomic E-state index is -0.716. The number of hydrogen-bond acceptors (Lipinski definition) is 7. The van der Waals surface area contributed by atoms with Crippen LogP contribution in [0.15, 0.2) is 24.3 Å². The molecule has 6 N–H and O–H groups in total. The van der Waals surface area contributed by atoms with Gasteiger partial charge in [-0.15, -0.1) is 0 Å². The van der Waals surface area contributed by atoms with Crippen molar-refractivity contribution in [3.8, 4) is 46.0 Å². The van der Waals surface area contributed by atoms with Gasteiger partial charge in [0.25, 0.3) is 0 Å². The van der Waals surface area contributed by atoms with E-state index in [-0.39, 0.29) is 17.2 Å². The van der Waals surface area contributed by atoms with Crippen molar-refractivity contribution in [1.82, 2.24) is 0 Å². The van der Waals surface area contributed by atoms with E-state index in [4.69, 9.17) is 14.9 Å². The zero-order valence-corrected chi connectivity index (χ0v) is 9.40. The Bertz CT molecular complexity index is 590.